The molecule has 3 fully saturated rings. The van der Waals surface area contributed by atoms with Gasteiger partial charge in [0.15, 0.2) is 0 Å². The number of nitro benzene ring substituents is 1. The Morgan fingerprint density at radius 2 is 1.83 bits per heavy atom. The Morgan fingerprint density at radius 3 is 2.51 bits per heavy atom. The van der Waals surface area contributed by atoms with Crippen LogP contribution in [0.2, 0.25) is 0 Å². The number of hydrogen-bond acceptors (Lipinski definition) is 8. The number of carbonyl (C=O) groups is 3. The summed E-state index contributed by atoms with van der Waals surface area (Å²) in [5.74, 6) is -2.48. The Labute approximate surface area is 199 Å². The number of oxime groups is 1. The number of carbonyl (C=O) groups excluding carboxylic acids is 3. The molecule has 178 valence electrons. The summed E-state index contributed by atoms with van der Waals surface area (Å²) in [5, 5.41) is 15.5. The number of imide groups is 1. The van der Waals surface area contributed by atoms with Crippen molar-refractivity contribution in [1.82, 2.24) is 0 Å². The lowest BCUT2D eigenvalue weighted by Crippen LogP contribution is -2.41. The van der Waals surface area contributed by atoms with Crippen LogP contribution in [0.1, 0.15) is 29.3 Å². The quantitative estimate of drug-likeness (QED) is 0.281. The largest absolute Gasteiger partial charge is 0.462 e. The molecule has 2 aliphatic carbocycles. The number of esters is 1. The van der Waals surface area contributed by atoms with Gasteiger partial charge in [-0.3, -0.25) is 24.6 Å². The van der Waals surface area contributed by atoms with Gasteiger partial charge in [0, 0.05) is 29.5 Å². The van der Waals surface area contributed by atoms with Crippen LogP contribution in [0, 0.1) is 39.7 Å². The van der Waals surface area contributed by atoms with E-state index >= 15 is 0 Å². The van der Waals surface area contributed by atoms with Gasteiger partial charge in [-0.1, -0.05) is 17.3 Å². The zero-order chi connectivity index (χ0) is 24.4. The summed E-state index contributed by atoms with van der Waals surface area (Å²) < 4.78 is 4.99. The fraction of sp³-hybridized carbons (Fsp3) is 0.360. The average Bonchev–Trinajstić information content (AvgIpc) is 3.60. The normalized spacial score (nSPS) is 30.1. The standard InChI is InChI=1S/C25H21N3O7/c1-2-34-25(31)12-6-8-14(9-7-12)27-23(29)18-16-11-17(19(18)24(27)30)22-20(16)21(26-35-22)13-4-3-5-15(10-13)28(32)33/h3-10,16-20,22H,2,11H2,1H3/t16-,17-,18+,19-,20-,22+/m0/s1. The topological polar surface area (TPSA) is 128 Å². The summed E-state index contributed by atoms with van der Waals surface area (Å²) in [6, 6.07) is 12.5. The van der Waals surface area contributed by atoms with E-state index in [0.29, 0.717) is 28.9 Å². The van der Waals surface area contributed by atoms with Crippen molar-refractivity contribution in [1.29, 1.82) is 0 Å². The van der Waals surface area contributed by atoms with E-state index in [9.17, 15) is 24.5 Å². The molecule has 0 radical (unpaired) electrons. The van der Waals surface area contributed by atoms with E-state index in [2.05, 4.69) is 5.16 Å². The number of nitro groups is 1. The van der Waals surface area contributed by atoms with Crippen molar-refractivity contribution >= 4 is 34.9 Å². The Morgan fingerprint density at radius 1 is 1.11 bits per heavy atom. The molecule has 2 aromatic carbocycles. The molecule has 0 aromatic heterocycles. The molecular weight excluding hydrogens is 454 g/mol. The van der Waals surface area contributed by atoms with Gasteiger partial charge in [0.2, 0.25) is 11.8 Å². The van der Waals surface area contributed by atoms with Crippen molar-refractivity contribution in [2.45, 2.75) is 19.4 Å². The van der Waals surface area contributed by atoms with Crippen LogP contribution in [0.15, 0.2) is 53.7 Å². The number of nitrogens with zero attached hydrogens (tertiary/aromatic N) is 3. The monoisotopic (exact) mass is 475 g/mol. The van der Waals surface area contributed by atoms with Gasteiger partial charge in [-0.25, -0.2) is 4.79 Å². The highest BCUT2D eigenvalue weighted by Gasteiger charge is 2.70. The third kappa shape index (κ3) is 3.02. The van der Waals surface area contributed by atoms with Crippen LogP contribution in [-0.2, 0) is 19.2 Å². The predicted molar refractivity (Wildman–Crippen MR) is 121 cm³/mol. The molecule has 6 atom stereocenters. The van der Waals surface area contributed by atoms with Gasteiger partial charge in [0.25, 0.3) is 5.69 Å². The molecule has 2 heterocycles. The highest BCUT2D eigenvalue weighted by atomic mass is 16.6. The number of ether oxygens (including phenoxy) is 1. The maximum atomic E-state index is 13.5. The molecular formula is C25H21N3O7. The number of amides is 2. The lowest BCUT2D eigenvalue weighted by molar-refractivity contribution is -0.384. The van der Waals surface area contributed by atoms with Gasteiger partial charge in [-0.2, -0.15) is 0 Å². The lowest BCUT2D eigenvalue weighted by atomic mass is 9.71. The number of benzene rings is 2. The summed E-state index contributed by atoms with van der Waals surface area (Å²) in [5.41, 5.74) is 1.91. The zero-order valence-electron chi connectivity index (χ0n) is 18.7. The van der Waals surface area contributed by atoms with Crippen LogP contribution in [0.3, 0.4) is 0 Å². The van der Waals surface area contributed by atoms with Gasteiger partial charge in [0.05, 0.1) is 40.3 Å². The van der Waals surface area contributed by atoms with Crippen LogP contribution in [0.25, 0.3) is 0 Å². The third-order valence-corrected chi connectivity index (χ3v) is 7.68. The van der Waals surface area contributed by atoms with Gasteiger partial charge in [-0.15, -0.1) is 0 Å². The van der Waals surface area contributed by atoms with Gasteiger partial charge >= 0.3 is 5.97 Å². The van der Waals surface area contributed by atoms with Crippen molar-refractivity contribution in [3.8, 4) is 0 Å². The second kappa shape index (κ2) is 7.72. The van der Waals surface area contributed by atoms with Crippen LogP contribution in [0.4, 0.5) is 11.4 Å². The molecule has 4 aliphatic rings. The van der Waals surface area contributed by atoms with Gasteiger partial charge in [0.1, 0.15) is 6.10 Å². The number of non-ortho nitro benzene ring substituents is 1. The lowest BCUT2D eigenvalue weighted by Gasteiger charge is -2.29. The molecule has 2 aliphatic heterocycles. The zero-order valence-corrected chi connectivity index (χ0v) is 18.7. The van der Waals surface area contributed by atoms with E-state index in [4.69, 9.17) is 9.57 Å². The fourth-order valence-corrected chi connectivity index (χ4v) is 6.36. The van der Waals surface area contributed by atoms with Crippen LogP contribution in [-0.4, -0.2) is 41.1 Å². The first-order chi connectivity index (χ1) is 16.9. The molecule has 0 unspecified atom stereocenters. The van der Waals surface area contributed by atoms with E-state index < -0.39 is 22.7 Å². The van der Waals surface area contributed by atoms with Crippen LogP contribution < -0.4 is 4.90 Å². The Hall–Kier alpha value is -4.08. The number of rotatable bonds is 5. The van der Waals surface area contributed by atoms with Crippen molar-refractivity contribution in [3.63, 3.8) is 0 Å². The molecule has 6 rings (SSSR count). The number of anilines is 1. The number of fused-ring (bicyclic) bond motifs is 8. The van der Waals surface area contributed by atoms with Gasteiger partial charge in [-0.05, 0) is 43.5 Å². The van der Waals surface area contributed by atoms with Crippen molar-refractivity contribution in [3.05, 3.63) is 69.8 Å². The van der Waals surface area contributed by atoms with Crippen molar-refractivity contribution in [2.24, 2.45) is 34.7 Å². The van der Waals surface area contributed by atoms with Gasteiger partial charge < -0.3 is 9.57 Å². The minimum Gasteiger partial charge on any atom is -0.462 e. The molecule has 1 saturated heterocycles. The predicted octanol–water partition coefficient (Wildman–Crippen LogP) is 2.95. The molecule has 10 heteroatoms. The first-order valence-corrected chi connectivity index (χ1v) is 11.5. The Kier molecular flexibility index (Phi) is 4.73. The van der Waals surface area contributed by atoms with Crippen LogP contribution >= 0.6 is 0 Å². The first-order valence-electron chi connectivity index (χ1n) is 11.5. The summed E-state index contributed by atoms with van der Waals surface area (Å²) in [6.45, 7) is 1.97. The van der Waals surface area contributed by atoms with E-state index in [1.807, 2.05) is 0 Å². The summed E-state index contributed by atoms with van der Waals surface area (Å²) in [7, 11) is 0. The second-order valence-electron chi connectivity index (χ2n) is 9.27. The van der Waals surface area contributed by atoms with Crippen LogP contribution in [0.5, 0.6) is 0 Å². The molecule has 0 spiro atoms. The third-order valence-electron chi connectivity index (χ3n) is 7.68. The van der Waals surface area contributed by atoms with E-state index in [1.165, 1.54) is 17.0 Å². The molecule has 2 saturated carbocycles. The Bertz CT molecular complexity index is 1300. The van der Waals surface area contributed by atoms with E-state index in [-0.39, 0.29) is 48.0 Å². The maximum absolute atomic E-state index is 13.5. The summed E-state index contributed by atoms with van der Waals surface area (Å²) in [6.07, 6.45) is 0.338. The summed E-state index contributed by atoms with van der Waals surface area (Å²) >= 11 is 0. The first kappa shape index (κ1) is 21.5. The van der Waals surface area contributed by atoms with E-state index in [0.717, 1.165) is 0 Å². The SMILES string of the molecule is CCOC(=O)c1ccc(N2C(=O)[C@@H]3[C@@H]4C[C@H]([C@H]5ON=C(c6cccc([N+](=O)[O-])c6)[C@H]45)[C@@H]3C2=O)cc1. The molecule has 2 aromatic rings. The molecule has 0 N–H and O–H groups in total. The minimum atomic E-state index is -0.496. The maximum Gasteiger partial charge on any atom is 0.338 e. The smallest absolute Gasteiger partial charge is 0.338 e. The molecule has 10 nitrogen and oxygen atoms in total. The number of hydrogen-bond donors (Lipinski definition) is 0. The molecule has 35 heavy (non-hydrogen) atoms. The minimum absolute atomic E-state index is 0.0424. The second-order valence-corrected chi connectivity index (χ2v) is 9.27. The summed E-state index contributed by atoms with van der Waals surface area (Å²) in [4.78, 5) is 56.6. The average molecular weight is 475 g/mol. The highest BCUT2D eigenvalue weighted by molar-refractivity contribution is 6.23. The van der Waals surface area contributed by atoms with E-state index in [1.54, 1.807) is 43.3 Å². The Balaban J connectivity index is 1.28. The van der Waals surface area contributed by atoms with Crippen molar-refractivity contribution in [2.75, 3.05) is 11.5 Å². The fourth-order valence-electron chi connectivity index (χ4n) is 6.36. The molecule has 2 bridgehead atoms. The van der Waals surface area contributed by atoms with Crippen molar-refractivity contribution < 1.29 is 28.9 Å². The highest BCUT2D eigenvalue weighted by Crippen LogP contribution is 2.62. The molecule has 2 amide bonds.